The molecule has 0 aliphatic carbocycles. The second-order valence-corrected chi connectivity index (χ2v) is 4.92. The Kier molecular flexibility index (Phi) is 4.17. The highest BCUT2D eigenvalue weighted by atomic mass is 16.3. The molecule has 2 atom stereocenters. The van der Waals surface area contributed by atoms with Crippen molar-refractivity contribution in [3.63, 3.8) is 0 Å². The number of nitrogens with one attached hydrogen (secondary N) is 1. The third-order valence-corrected chi connectivity index (χ3v) is 3.65. The van der Waals surface area contributed by atoms with Crippen molar-refractivity contribution in [1.82, 2.24) is 5.32 Å². The average molecular weight is 262 g/mol. The average Bonchev–Trinajstić information content (AvgIpc) is 2.46. The van der Waals surface area contributed by atoms with E-state index in [0.717, 1.165) is 18.7 Å². The molecular weight excluding hydrogens is 244 g/mol. The van der Waals surface area contributed by atoms with Crippen molar-refractivity contribution in [2.24, 2.45) is 0 Å². The Morgan fingerprint density at radius 1 is 1.16 bits per heavy atom. The van der Waals surface area contributed by atoms with E-state index in [2.05, 4.69) is 5.32 Å². The molecule has 102 valence electrons. The summed E-state index contributed by atoms with van der Waals surface area (Å²) < 4.78 is 0. The molecule has 1 aliphatic rings. The molecule has 0 aromatic heterocycles. The van der Waals surface area contributed by atoms with Crippen molar-refractivity contribution in [1.29, 1.82) is 5.26 Å². The summed E-state index contributed by atoms with van der Waals surface area (Å²) in [6, 6.07) is 8.36. The molecule has 5 heteroatoms. The molecule has 0 spiro atoms. The van der Waals surface area contributed by atoms with Crippen molar-refractivity contribution in [2.45, 2.75) is 30.7 Å². The van der Waals surface area contributed by atoms with Gasteiger partial charge in [0, 0.05) is 0 Å². The van der Waals surface area contributed by atoms with Crippen LogP contribution in [-0.2, 0) is 5.60 Å². The highest BCUT2D eigenvalue weighted by Gasteiger charge is 2.31. The molecule has 0 amide bonds. The fraction of sp³-hybridized carbons (Fsp3) is 0.500. The van der Waals surface area contributed by atoms with E-state index in [1.165, 1.54) is 0 Å². The lowest BCUT2D eigenvalue weighted by Gasteiger charge is -2.33. The number of benzene rings is 1. The van der Waals surface area contributed by atoms with E-state index in [1.54, 1.807) is 30.3 Å². The minimum atomic E-state index is -1.44. The normalized spacial score (nSPS) is 21.4. The molecule has 1 saturated heterocycles. The highest BCUT2D eigenvalue weighted by Crippen LogP contribution is 2.31. The van der Waals surface area contributed by atoms with Gasteiger partial charge >= 0.3 is 0 Å². The number of piperidine rings is 1. The van der Waals surface area contributed by atoms with Crippen LogP contribution < -0.4 is 5.32 Å². The standard InChI is InChI=1S/C14H18N2O3/c15-9-12(17)13(18)10-1-3-11(4-2-10)14(19)5-7-16-8-6-14/h1-4,12-13,16-19H,5-8H2. The Labute approximate surface area is 112 Å². The van der Waals surface area contributed by atoms with E-state index in [-0.39, 0.29) is 0 Å². The Balaban J connectivity index is 2.16. The van der Waals surface area contributed by atoms with Crippen LogP contribution in [0.5, 0.6) is 0 Å². The second-order valence-electron chi connectivity index (χ2n) is 4.92. The predicted octanol–water partition coefficient (Wildman–Crippen LogP) is 0.175. The van der Waals surface area contributed by atoms with Gasteiger partial charge in [0.1, 0.15) is 6.10 Å². The number of rotatable bonds is 3. The molecule has 0 bridgehead atoms. The third-order valence-electron chi connectivity index (χ3n) is 3.65. The molecule has 1 heterocycles. The Hall–Kier alpha value is -1.45. The van der Waals surface area contributed by atoms with Gasteiger partial charge in [-0.3, -0.25) is 0 Å². The second kappa shape index (κ2) is 5.68. The molecular formula is C14H18N2O3. The molecule has 0 radical (unpaired) electrons. The monoisotopic (exact) mass is 262 g/mol. The van der Waals surface area contributed by atoms with Gasteiger partial charge in [0.2, 0.25) is 0 Å². The van der Waals surface area contributed by atoms with Crippen LogP contribution in [0.25, 0.3) is 0 Å². The van der Waals surface area contributed by atoms with Gasteiger partial charge in [0.05, 0.1) is 11.7 Å². The smallest absolute Gasteiger partial charge is 0.170 e. The van der Waals surface area contributed by atoms with E-state index >= 15 is 0 Å². The van der Waals surface area contributed by atoms with E-state index < -0.39 is 17.8 Å². The predicted molar refractivity (Wildman–Crippen MR) is 69.0 cm³/mol. The van der Waals surface area contributed by atoms with Crippen molar-refractivity contribution in [3.05, 3.63) is 35.4 Å². The fourth-order valence-electron chi connectivity index (χ4n) is 2.37. The molecule has 2 rings (SSSR count). The van der Waals surface area contributed by atoms with Crippen LogP contribution in [0.4, 0.5) is 0 Å². The Morgan fingerprint density at radius 3 is 2.26 bits per heavy atom. The zero-order chi connectivity index (χ0) is 13.9. The molecule has 5 nitrogen and oxygen atoms in total. The van der Waals surface area contributed by atoms with Crippen LogP contribution in [0.1, 0.15) is 30.1 Å². The summed E-state index contributed by atoms with van der Waals surface area (Å²) in [4.78, 5) is 0. The fourth-order valence-corrected chi connectivity index (χ4v) is 2.37. The van der Waals surface area contributed by atoms with Crippen LogP contribution in [-0.4, -0.2) is 34.5 Å². The van der Waals surface area contributed by atoms with Crippen LogP contribution in [0.2, 0.25) is 0 Å². The first kappa shape index (κ1) is 14.0. The zero-order valence-corrected chi connectivity index (χ0v) is 10.6. The number of hydrogen-bond acceptors (Lipinski definition) is 5. The highest BCUT2D eigenvalue weighted by molar-refractivity contribution is 5.30. The number of nitrogens with zero attached hydrogens (tertiary/aromatic N) is 1. The third kappa shape index (κ3) is 2.94. The van der Waals surface area contributed by atoms with Gasteiger partial charge in [-0.25, -0.2) is 0 Å². The zero-order valence-electron chi connectivity index (χ0n) is 10.6. The van der Waals surface area contributed by atoms with Crippen LogP contribution in [0.3, 0.4) is 0 Å². The van der Waals surface area contributed by atoms with E-state index in [9.17, 15) is 15.3 Å². The minimum Gasteiger partial charge on any atom is -0.385 e. The van der Waals surface area contributed by atoms with E-state index in [4.69, 9.17) is 5.26 Å². The van der Waals surface area contributed by atoms with Gasteiger partial charge in [-0.1, -0.05) is 24.3 Å². The van der Waals surface area contributed by atoms with Gasteiger partial charge in [-0.2, -0.15) is 5.26 Å². The van der Waals surface area contributed by atoms with Crippen molar-refractivity contribution in [2.75, 3.05) is 13.1 Å². The number of hydrogen-bond donors (Lipinski definition) is 4. The first-order valence-corrected chi connectivity index (χ1v) is 6.36. The summed E-state index contributed by atoms with van der Waals surface area (Å²) in [6.45, 7) is 1.54. The number of aliphatic hydroxyl groups is 3. The van der Waals surface area contributed by atoms with Crippen molar-refractivity contribution in [3.8, 4) is 6.07 Å². The minimum absolute atomic E-state index is 0.468. The quantitative estimate of drug-likeness (QED) is 0.583. The molecule has 4 N–H and O–H groups in total. The largest absolute Gasteiger partial charge is 0.385 e. The van der Waals surface area contributed by atoms with Crippen LogP contribution in [0.15, 0.2) is 24.3 Å². The van der Waals surface area contributed by atoms with Gasteiger partial charge in [-0.15, -0.1) is 0 Å². The maximum atomic E-state index is 10.5. The van der Waals surface area contributed by atoms with E-state index in [1.807, 2.05) is 0 Å². The SMILES string of the molecule is N#CC(O)C(O)c1ccc(C2(O)CCNCC2)cc1. The summed E-state index contributed by atoms with van der Waals surface area (Å²) in [5, 5.41) is 41.3. The Bertz CT molecular complexity index is 461. The van der Waals surface area contributed by atoms with Crippen molar-refractivity contribution >= 4 is 0 Å². The summed E-state index contributed by atoms with van der Waals surface area (Å²) in [6.07, 6.45) is -1.36. The van der Waals surface area contributed by atoms with Gasteiger partial charge in [-0.05, 0) is 37.1 Å². The molecule has 1 aromatic carbocycles. The maximum Gasteiger partial charge on any atom is 0.170 e. The molecule has 19 heavy (non-hydrogen) atoms. The van der Waals surface area contributed by atoms with Gasteiger partial charge in [0.25, 0.3) is 0 Å². The molecule has 1 aliphatic heterocycles. The molecule has 1 aromatic rings. The first-order valence-electron chi connectivity index (χ1n) is 6.36. The van der Waals surface area contributed by atoms with Crippen LogP contribution in [0, 0.1) is 11.3 Å². The first-order chi connectivity index (χ1) is 9.07. The molecule has 0 saturated carbocycles. The topological polar surface area (TPSA) is 96.5 Å². The van der Waals surface area contributed by atoms with Gasteiger partial charge in [0.15, 0.2) is 6.10 Å². The lowest BCUT2D eigenvalue weighted by molar-refractivity contribution is 0.00578. The summed E-state index contributed by atoms with van der Waals surface area (Å²) in [5.74, 6) is 0. The van der Waals surface area contributed by atoms with Crippen LogP contribution >= 0.6 is 0 Å². The van der Waals surface area contributed by atoms with E-state index in [0.29, 0.717) is 18.4 Å². The summed E-state index contributed by atoms with van der Waals surface area (Å²) in [7, 11) is 0. The number of aliphatic hydroxyl groups excluding tert-OH is 2. The number of nitriles is 1. The molecule has 2 unspecified atom stereocenters. The Morgan fingerprint density at radius 2 is 1.74 bits per heavy atom. The van der Waals surface area contributed by atoms with Crippen molar-refractivity contribution < 1.29 is 15.3 Å². The lowest BCUT2D eigenvalue weighted by Crippen LogP contribution is -2.39. The molecule has 1 fully saturated rings. The summed E-state index contributed by atoms with van der Waals surface area (Å²) in [5.41, 5.74) is 0.439. The maximum absolute atomic E-state index is 10.5. The van der Waals surface area contributed by atoms with Gasteiger partial charge < -0.3 is 20.6 Å². The summed E-state index contributed by atoms with van der Waals surface area (Å²) >= 11 is 0. The lowest BCUT2D eigenvalue weighted by atomic mass is 9.84.